The van der Waals surface area contributed by atoms with Crippen LogP contribution in [0.2, 0.25) is 0 Å². The van der Waals surface area contributed by atoms with E-state index in [0.717, 1.165) is 50.2 Å². The quantitative estimate of drug-likeness (QED) is 0.255. The number of hydrogen-bond acceptors (Lipinski definition) is 6. The molecule has 1 saturated heterocycles. The number of piperidine rings is 1. The van der Waals surface area contributed by atoms with Crippen LogP contribution in [-0.2, 0) is 18.5 Å². The zero-order chi connectivity index (χ0) is 23.4. The molecule has 7 nitrogen and oxygen atoms in total. The molecule has 0 bridgehead atoms. The Morgan fingerprint density at radius 2 is 1.70 bits per heavy atom. The molecule has 11 heteroatoms. The Balaban J connectivity index is 1.72. The number of nitro groups is 1. The minimum Gasteiger partial charge on any atom is -0.296 e. The molecule has 33 heavy (non-hydrogen) atoms. The summed E-state index contributed by atoms with van der Waals surface area (Å²) in [5.74, 6) is 0.589. The minimum atomic E-state index is -4.55. The number of halogens is 3. The van der Waals surface area contributed by atoms with Gasteiger partial charge in [-0.2, -0.15) is 13.2 Å². The first kappa shape index (κ1) is 23.2. The van der Waals surface area contributed by atoms with Crippen molar-refractivity contribution in [3.63, 3.8) is 0 Å². The van der Waals surface area contributed by atoms with Gasteiger partial charge in [-0.3, -0.25) is 19.6 Å². The van der Waals surface area contributed by atoms with Crippen LogP contribution < -0.4 is 0 Å². The Hall–Kier alpha value is -2.92. The van der Waals surface area contributed by atoms with E-state index in [-0.39, 0.29) is 22.3 Å². The Morgan fingerprint density at radius 3 is 2.42 bits per heavy atom. The number of likely N-dealkylation sites (tertiary alicyclic amines) is 1. The lowest BCUT2D eigenvalue weighted by Gasteiger charge is -2.26. The van der Waals surface area contributed by atoms with Gasteiger partial charge in [0.2, 0.25) is 0 Å². The van der Waals surface area contributed by atoms with E-state index in [2.05, 4.69) is 15.1 Å². The van der Waals surface area contributed by atoms with E-state index in [1.54, 1.807) is 24.3 Å². The zero-order valence-electron chi connectivity index (χ0n) is 17.7. The Bertz CT molecular complexity index is 1130. The number of alkyl halides is 3. The van der Waals surface area contributed by atoms with Crippen LogP contribution in [0.25, 0.3) is 5.69 Å². The molecule has 0 saturated carbocycles. The van der Waals surface area contributed by atoms with Crippen LogP contribution in [0.1, 0.15) is 36.2 Å². The maximum Gasteiger partial charge on any atom is 0.418 e. The molecule has 0 aliphatic carbocycles. The fraction of sp³-hybridized carbons (Fsp3) is 0.364. The van der Waals surface area contributed by atoms with Crippen LogP contribution in [0.4, 0.5) is 18.9 Å². The number of hydrogen-bond donors (Lipinski definition) is 0. The SMILES string of the molecule is O=[N+]([O-])c1ccccc1CSc1nnc(CN2CCCCC2)n1-c1ccccc1C(F)(F)F. The molecule has 0 atom stereocenters. The van der Waals surface area contributed by atoms with Crippen molar-refractivity contribution in [3.8, 4) is 5.69 Å². The molecule has 1 aromatic heterocycles. The van der Waals surface area contributed by atoms with Gasteiger partial charge in [-0.15, -0.1) is 10.2 Å². The fourth-order valence-corrected chi connectivity index (χ4v) is 4.88. The predicted molar refractivity (Wildman–Crippen MR) is 118 cm³/mol. The largest absolute Gasteiger partial charge is 0.418 e. The van der Waals surface area contributed by atoms with Gasteiger partial charge in [0.05, 0.1) is 22.7 Å². The maximum atomic E-state index is 13.8. The third-order valence-electron chi connectivity index (χ3n) is 5.51. The minimum absolute atomic E-state index is 0.0414. The molecule has 174 valence electrons. The summed E-state index contributed by atoms with van der Waals surface area (Å²) in [5.41, 5.74) is -0.409. The van der Waals surface area contributed by atoms with E-state index in [9.17, 15) is 23.3 Å². The molecular weight excluding hydrogens is 455 g/mol. The highest BCUT2D eigenvalue weighted by atomic mass is 32.2. The molecule has 1 fully saturated rings. The summed E-state index contributed by atoms with van der Waals surface area (Å²) >= 11 is 1.13. The van der Waals surface area contributed by atoms with Crippen molar-refractivity contribution in [2.45, 2.75) is 42.9 Å². The number of nitrogens with zero attached hydrogens (tertiary/aromatic N) is 5. The molecule has 1 aliphatic heterocycles. The summed E-state index contributed by atoms with van der Waals surface area (Å²) in [4.78, 5) is 13.0. The number of thioether (sulfide) groups is 1. The van der Waals surface area contributed by atoms with Gasteiger partial charge in [0.25, 0.3) is 5.69 Å². The molecule has 0 N–H and O–H groups in total. The van der Waals surface area contributed by atoms with Gasteiger partial charge in [-0.05, 0) is 38.1 Å². The van der Waals surface area contributed by atoms with Crippen molar-refractivity contribution in [2.24, 2.45) is 0 Å². The van der Waals surface area contributed by atoms with Gasteiger partial charge in [-0.1, -0.05) is 48.5 Å². The Morgan fingerprint density at radius 1 is 1.00 bits per heavy atom. The topological polar surface area (TPSA) is 77.1 Å². The Labute approximate surface area is 192 Å². The number of nitro benzene ring substituents is 1. The predicted octanol–water partition coefficient (Wildman–Crippen LogP) is 5.47. The van der Waals surface area contributed by atoms with E-state index in [1.807, 2.05) is 0 Å². The summed E-state index contributed by atoms with van der Waals surface area (Å²) in [6.45, 7) is 2.09. The molecule has 3 aromatic rings. The molecule has 4 rings (SSSR count). The van der Waals surface area contributed by atoms with E-state index < -0.39 is 16.7 Å². The molecule has 0 radical (unpaired) electrons. The van der Waals surface area contributed by atoms with Crippen molar-refractivity contribution in [3.05, 3.63) is 75.6 Å². The third kappa shape index (κ3) is 5.36. The summed E-state index contributed by atoms with van der Waals surface area (Å²) < 4.78 is 42.9. The summed E-state index contributed by atoms with van der Waals surface area (Å²) in [6.07, 6.45) is -1.35. The molecule has 0 unspecified atom stereocenters. The first-order chi connectivity index (χ1) is 15.8. The highest BCUT2D eigenvalue weighted by Crippen LogP contribution is 2.37. The maximum absolute atomic E-state index is 13.8. The second-order valence-electron chi connectivity index (χ2n) is 7.76. The van der Waals surface area contributed by atoms with Crippen LogP contribution in [-0.4, -0.2) is 37.7 Å². The lowest BCUT2D eigenvalue weighted by atomic mass is 10.1. The molecule has 2 aromatic carbocycles. The third-order valence-corrected chi connectivity index (χ3v) is 6.49. The molecule has 0 spiro atoms. The van der Waals surface area contributed by atoms with E-state index in [1.165, 1.54) is 22.8 Å². The normalized spacial score (nSPS) is 15.0. The van der Waals surface area contributed by atoms with Crippen molar-refractivity contribution in [1.29, 1.82) is 0 Å². The van der Waals surface area contributed by atoms with Gasteiger partial charge in [0.1, 0.15) is 0 Å². The van der Waals surface area contributed by atoms with Gasteiger partial charge in [0, 0.05) is 17.4 Å². The number of rotatable bonds is 7. The second kappa shape index (κ2) is 9.92. The van der Waals surface area contributed by atoms with Crippen molar-refractivity contribution in [1.82, 2.24) is 19.7 Å². The lowest BCUT2D eigenvalue weighted by Crippen LogP contribution is -2.30. The van der Waals surface area contributed by atoms with E-state index >= 15 is 0 Å². The van der Waals surface area contributed by atoms with Gasteiger partial charge in [0.15, 0.2) is 11.0 Å². The van der Waals surface area contributed by atoms with E-state index in [0.29, 0.717) is 17.9 Å². The average Bonchev–Trinajstić information content (AvgIpc) is 3.20. The van der Waals surface area contributed by atoms with Gasteiger partial charge in [-0.25, -0.2) is 0 Å². The van der Waals surface area contributed by atoms with Crippen LogP contribution >= 0.6 is 11.8 Å². The monoisotopic (exact) mass is 477 g/mol. The highest BCUT2D eigenvalue weighted by Gasteiger charge is 2.35. The lowest BCUT2D eigenvalue weighted by molar-refractivity contribution is -0.385. The second-order valence-corrected chi connectivity index (χ2v) is 8.70. The first-order valence-corrected chi connectivity index (χ1v) is 11.5. The van der Waals surface area contributed by atoms with Crippen molar-refractivity contribution < 1.29 is 18.1 Å². The molecule has 2 heterocycles. The molecule has 0 amide bonds. The zero-order valence-corrected chi connectivity index (χ0v) is 18.5. The number of benzene rings is 2. The number of para-hydroxylation sites is 2. The van der Waals surface area contributed by atoms with E-state index in [4.69, 9.17) is 0 Å². The summed E-state index contributed by atoms with van der Waals surface area (Å²) in [7, 11) is 0. The van der Waals surface area contributed by atoms with Gasteiger partial charge < -0.3 is 0 Å². The number of aromatic nitrogens is 3. The van der Waals surface area contributed by atoms with Crippen LogP contribution in [0.15, 0.2) is 53.7 Å². The van der Waals surface area contributed by atoms with Crippen LogP contribution in [0.3, 0.4) is 0 Å². The molecule has 1 aliphatic rings. The summed E-state index contributed by atoms with van der Waals surface area (Å²) in [5, 5.41) is 20.0. The van der Waals surface area contributed by atoms with Crippen molar-refractivity contribution >= 4 is 17.4 Å². The first-order valence-electron chi connectivity index (χ1n) is 10.5. The standard InChI is InChI=1S/C22H22F3N5O2S/c23-22(24,25)17-9-3-5-11-19(17)29-20(14-28-12-6-1-7-13-28)26-27-21(29)33-15-16-8-2-4-10-18(16)30(31)32/h2-5,8-11H,1,6-7,12-15H2. The summed E-state index contributed by atoms with van der Waals surface area (Å²) in [6, 6.07) is 11.6. The van der Waals surface area contributed by atoms with Gasteiger partial charge >= 0.3 is 6.18 Å². The average molecular weight is 478 g/mol. The van der Waals surface area contributed by atoms with Crippen LogP contribution in [0.5, 0.6) is 0 Å². The fourth-order valence-electron chi connectivity index (χ4n) is 3.92. The molecular formula is C22H22F3N5O2S. The smallest absolute Gasteiger partial charge is 0.296 e. The Kier molecular flexibility index (Phi) is 6.99. The highest BCUT2D eigenvalue weighted by molar-refractivity contribution is 7.98. The van der Waals surface area contributed by atoms with Crippen LogP contribution in [0, 0.1) is 10.1 Å². The van der Waals surface area contributed by atoms with Crippen molar-refractivity contribution in [2.75, 3.05) is 13.1 Å².